The Labute approximate surface area is 139 Å². The second-order valence-corrected chi connectivity index (χ2v) is 8.35. The first-order valence-corrected chi connectivity index (χ1v) is 9.62. The molecule has 0 unspecified atom stereocenters. The third kappa shape index (κ3) is 2.94. The van der Waals surface area contributed by atoms with E-state index in [1.54, 1.807) is 0 Å². The fourth-order valence-corrected chi connectivity index (χ4v) is 4.76. The van der Waals surface area contributed by atoms with Gasteiger partial charge in [0.2, 0.25) is 0 Å². The lowest BCUT2D eigenvalue weighted by atomic mass is 9.98. The second-order valence-electron chi connectivity index (χ2n) is 6.81. The molecular formula is C18H24N2O2S. The van der Waals surface area contributed by atoms with Gasteiger partial charge in [0.05, 0.1) is 0 Å². The van der Waals surface area contributed by atoms with Crippen LogP contribution in [0.2, 0.25) is 0 Å². The Kier molecular flexibility index (Phi) is 4.08. The summed E-state index contributed by atoms with van der Waals surface area (Å²) >= 11 is 0. The largest absolute Gasteiger partial charge is 0.356 e. The zero-order valence-corrected chi connectivity index (χ0v) is 15.1. The van der Waals surface area contributed by atoms with Gasteiger partial charge < -0.3 is 4.90 Å². The predicted octanol–water partition coefficient (Wildman–Crippen LogP) is 3.51. The molecule has 0 N–H and O–H groups in total. The zero-order valence-electron chi connectivity index (χ0n) is 14.3. The Hall–Kier alpha value is -1.62. The van der Waals surface area contributed by atoms with Crippen LogP contribution >= 0.6 is 0 Å². The van der Waals surface area contributed by atoms with Crippen molar-refractivity contribution in [1.82, 2.24) is 4.90 Å². The fraction of sp³-hybridized carbons (Fsp3) is 0.500. The summed E-state index contributed by atoms with van der Waals surface area (Å²) in [5.41, 5.74) is 3.78. The average Bonchev–Trinajstić information content (AvgIpc) is 2.73. The van der Waals surface area contributed by atoms with E-state index in [0.717, 1.165) is 48.2 Å². The van der Waals surface area contributed by atoms with E-state index in [9.17, 15) is 8.42 Å². The first-order valence-electron chi connectivity index (χ1n) is 8.18. The number of amidine groups is 1. The molecule has 124 valence electrons. The normalized spacial score (nSPS) is 21.7. The summed E-state index contributed by atoms with van der Waals surface area (Å²) in [6.45, 7) is 9.92. The monoisotopic (exact) mass is 332 g/mol. The molecule has 0 aromatic heterocycles. The maximum Gasteiger partial charge on any atom is 0.285 e. The predicted molar refractivity (Wildman–Crippen MR) is 94.8 cm³/mol. The molecule has 0 saturated carbocycles. The van der Waals surface area contributed by atoms with E-state index in [1.165, 1.54) is 0 Å². The SMILES string of the molecule is CC1=C(c2ccc(C)c(C)c2)S(=O)(=O)N=C1N1CCC(C)CC1. The summed E-state index contributed by atoms with van der Waals surface area (Å²) in [5, 5.41) is 0. The number of hydrogen-bond acceptors (Lipinski definition) is 3. The van der Waals surface area contributed by atoms with E-state index in [0.29, 0.717) is 16.7 Å². The third-order valence-electron chi connectivity index (χ3n) is 4.99. The molecule has 2 aliphatic heterocycles. The lowest BCUT2D eigenvalue weighted by molar-refractivity contribution is 0.281. The molecule has 4 nitrogen and oxygen atoms in total. The molecule has 2 aliphatic rings. The molecule has 0 amide bonds. The third-order valence-corrected chi connectivity index (χ3v) is 6.46. The van der Waals surface area contributed by atoms with Crippen molar-refractivity contribution in [1.29, 1.82) is 0 Å². The van der Waals surface area contributed by atoms with Crippen LogP contribution in [0.25, 0.3) is 4.91 Å². The minimum Gasteiger partial charge on any atom is -0.356 e. The Bertz CT molecular complexity index is 798. The van der Waals surface area contributed by atoms with Gasteiger partial charge in [-0.15, -0.1) is 4.40 Å². The lowest BCUT2D eigenvalue weighted by Gasteiger charge is -2.31. The molecular weight excluding hydrogens is 308 g/mol. The molecule has 0 radical (unpaired) electrons. The van der Waals surface area contributed by atoms with Crippen LogP contribution < -0.4 is 0 Å². The molecule has 0 spiro atoms. The first-order chi connectivity index (χ1) is 10.8. The molecule has 1 saturated heterocycles. The van der Waals surface area contributed by atoms with Crippen molar-refractivity contribution in [2.24, 2.45) is 10.3 Å². The highest BCUT2D eigenvalue weighted by atomic mass is 32.2. The molecule has 1 fully saturated rings. The smallest absolute Gasteiger partial charge is 0.285 e. The molecule has 0 atom stereocenters. The number of benzene rings is 1. The van der Waals surface area contributed by atoms with Gasteiger partial charge >= 0.3 is 0 Å². The van der Waals surface area contributed by atoms with Crippen molar-refractivity contribution >= 4 is 20.8 Å². The molecule has 0 aliphatic carbocycles. The van der Waals surface area contributed by atoms with Gasteiger partial charge in [0.15, 0.2) is 0 Å². The van der Waals surface area contributed by atoms with Gasteiger partial charge in [-0.1, -0.05) is 25.1 Å². The number of hydrogen-bond donors (Lipinski definition) is 0. The van der Waals surface area contributed by atoms with Crippen LogP contribution in [0.15, 0.2) is 28.2 Å². The van der Waals surface area contributed by atoms with Gasteiger partial charge in [0.1, 0.15) is 10.7 Å². The number of piperidine rings is 1. The van der Waals surface area contributed by atoms with E-state index < -0.39 is 10.0 Å². The van der Waals surface area contributed by atoms with Crippen molar-refractivity contribution in [2.75, 3.05) is 13.1 Å². The average molecular weight is 332 g/mol. The van der Waals surface area contributed by atoms with Crippen molar-refractivity contribution in [3.63, 3.8) is 0 Å². The molecule has 5 heteroatoms. The van der Waals surface area contributed by atoms with Crippen molar-refractivity contribution < 1.29 is 8.42 Å². The van der Waals surface area contributed by atoms with Crippen molar-refractivity contribution in [2.45, 2.75) is 40.5 Å². The van der Waals surface area contributed by atoms with E-state index in [4.69, 9.17) is 0 Å². The second kappa shape index (κ2) is 5.78. The maximum atomic E-state index is 12.6. The Morgan fingerprint density at radius 3 is 2.35 bits per heavy atom. The Morgan fingerprint density at radius 2 is 1.74 bits per heavy atom. The highest BCUT2D eigenvalue weighted by Gasteiger charge is 2.34. The summed E-state index contributed by atoms with van der Waals surface area (Å²) < 4.78 is 29.3. The van der Waals surface area contributed by atoms with E-state index >= 15 is 0 Å². The van der Waals surface area contributed by atoms with Gasteiger partial charge in [0, 0.05) is 18.7 Å². The minimum atomic E-state index is -3.61. The van der Waals surface area contributed by atoms with E-state index in [1.807, 2.05) is 39.0 Å². The van der Waals surface area contributed by atoms with Crippen molar-refractivity contribution in [3.05, 3.63) is 40.5 Å². The standard InChI is InChI=1S/C18H24N2O2S/c1-12-7-9-20(10-8-12)18-15(4)17(23(21,22)19-18)16-6-5-13(2)14(3)11-16/h5-6,11-12H,7-10H2,1-4H3. The highest BCUT2D eigenvalue weighted by molar-refractivity contribution is 8.00. The summed E-state index contributed by atoms with van der Waals surface area (Å²) in [6.07, 6.45) is 2.18. The fourth-order valence-electron chi connectivity index (χ4n) is 3.29. The first kappa shape index (κ1) is 16.2. The minimum absolute atomic E-state index is 0.370. The number of rotatable bonds is 1. The van der Waals surface area contributed by atoms with Gasteiger partial charge in [-0.25, -0.2) is 0 Å². The van der Waals surface area contributed by atoms with Crippen LogP contribution in [0.3, 0.4) is 0 Å². The van der Waals surface area contributed by atoms with Crippen LogP contribution in [-0.2, 0) is 10.0 Å². The molecule has 1 aromatic carbocycles. The Balaban J connectivity index is 2.01. The van der Waals surface area contributed by atoms with Gasteiger partial charge in [0.25, 0.3) is 10.0 Å². The van der Waals surface area contributed by atoms with E-state index in [2.05, 4.69) is 16.2 Å². The van der Waals surface area contributed by atoms with Crippen LogP contribution in [0.5, 0.6) is 0 Å². The maximum absolute atomic E-state index is 12.6. The number of sulfonamides is 1. The van der Waals surface area contributed by atoms with Gasteiger partial charge in [-0.2, -0.15) is 8.42 Å². The quantitative estimate of drug-likeness (QED) is 0.791. The number of nitrogens with zero attached hydrogens (tertiary/aromatic N) is 2. The molecule has 1 aromatic rings. The van der Waals surface area contributed by atoms with Gasteiger partial charge in [-0.05, 0) is 56.2 Å². The topological polar surface area (TPSA) is 49.7 Å². The van der Waals surface area contributed by atoms with Gasteiger partial charge in [-0.3, -0.25) is 0 Å². The summed E-state index contributed by atoms with van der Waals surface area (Å²) in [7, 11) is -3.61. The van der Waals surface area contributed by atoms with Crippen molar-refractivity contribution in [3.8, 4) is 0 Å². The Morgan fingerprint density at radius 1 is 1.09 bits per heavy atom. The lowest BCUT2D eigenvalue weighted by Crippen LogP contribution is -2.37. The summed E-state index contributed by atoms with van der Waals surface area (Å²) in [5.74, 6) is 1.35. The van der Waals surface area contributed by atoms with Crippen LogP contribution in [0.1, 0.15) is 43.4 Å². The summed E-state index contributed by atoms with van der Waals surface area (Å²) in [6, 6.07) is 5.80. The molecule has 3 rings (SSSR count). The highest BCUT2D eigenvalue weighted by Crippen LogP contribution is 2.35. The number of aryl methyl sites for hydroxylation is 2. The molecule has 23 heavy (non-hydrogen) atoms. The molecule has 2 heterocycles. The van der Waals surface area contributed by atoms with Crippen LogP contribution in [-0.4, -0.2) is 32.2 Å². The van der Waals surface area contributed by atoms with Crippen LogP contribution in [0.4, 0.5) is 0 Å². The van der Waals surface area contributed by atoms with Crippen LogP contribution in [0, 0.1) is 19.8 Å². The van der Waals surface area contributed by atoms with E-state index in [-0.39, 0.29) is 0 Å². The number of likely N-dealkylation sites (tertiary alicyclic amines) is 1. The molecule has 0 bridgehead atoms. The summed E-state index contributed by atoms with van der Waals surface area (Å²) in [4.78, 5) is 2.50. The zero-order chi connectivity index (χ0) is 16.8.